The topological polar surface area (TPSA) is 226 Å². The number of carbonyl (C=O) groups is 6. The van der Waals surface area contributed by atoms with Crippen molar-refractivity contribution in [2.24, 2.45) is 11.8 Å². The number of aromatic nitrogens is 2. The molecule has 3 aliphatic heterocycles. The first-order chi connectivity index (χ1) is 29.8. The van der Waals surface area contributed by atoms with Crippen molar-refractivity contribution in [3.8, 4) is 0 Å². The zero-order valence-corrected chi connectivity index (χ0v) is 35.2. The molecule has 2 saturated heterocycles. The van der Waals surface area contributed by atoms with Gasteiger partial charge in [-0.15, -0.1) is 6.58 Å². The van der Waals surface area contributed by atoms with Gasteiger partial charge in [-0.2, -0.15) is 0 Å². The number of ether oxygens (including phenoxy) is 1. The summed E-state index contributed by atoms with van der Waals surface area (Å²) < 4.78 is 48.6. The molecule has 0 bridgehead atoms. The van der Waals surface area contributed by atoms with Crippen molar-refractivity contribution in [1.82, 2.24) is 40.4 Å². The van der Waals surface area contributed by atoms with Crippen molar-refractivity contribution >= 4 is 45.7 Å². The smallest absolute Gasteiger partial charge is 0.410 e. The van der Waals surface area contributed by atoms with Gasteiger partial charge in [0.2, 0.25) is 27.7 Å². The Hall–Kier alpha value is -5.46. The molecule has 62 heavy (non-hydrogen) atoms. The lowest BCUT2D eigenvalue weighted by Crippen LogP contribution is -2.61. The lowest BCUT2D eigenvalue weighted by atomic mass is 9.83. The van der Waals surface area contributed by atoms with E-state index in [0.717, 1.165) is 19.3 Å². The molecule has 17 nitrogen and oxygen atoms in total. The van der Waals surface area contributed by atoms with Gasteiger partial charge in [-0.25, -0.2) is 22.6 Å². The number of nitrogens with zero attached hydrogens (tertiary/aromatic N) is 4. The molecule has 5 fully saturated rings. The second kappa shape index (κ2) is 17.7. The Bertz CT molecular complexity index is 2220. The molecule has 4 N–H and O–H groups in total. The summed E-state index contributed by atoms with van der Waals surface area (Å²) in [4.78, 5) is 95.7. The molecular weight excluding hydrogens is 824 g/mol. The van der Waals surface area contributed by atoms with Gasteiger partial charge in [-0.1, -0.05) is 56.7 Å². The summed E-state index contributed by atoms with van der Waals surface area (Å²) in [6.07, 6.45) is 10.9. The van der Waals surface area contributed by atoms with E-state index in [1.54, 1.807) is 12.1 Å². The highest BCUT2D eigenvalue weighted by atomic mass is 32.2. The average molecular weight is 877 g/mol. The molecule has 19 heteroatoms. The van der Waals surface area contributed by atoms with Gasteiger partial charge in [0.1, 0.15) is 41.3 Å². The number of carbonyl (C=O) groups excluding carboxylic acids is 6. The number of sulfonamides is 1. The number of rotatable bonds is 12. The van der Waals surface area contributed by atoms with Crippen molar-refractivity contribution in [3.63, 3.8) is 0 Å². The van der Waals surface area contributed by atoms with E-state index in [-0.39, 0.29) is 44.0 Å². The molecule has 0 spiro atoms. The van der Waals surface area contributed by atoms with E-state index in [1.807, 2.05) is 0 Å². The molecule has 7 atom stereocenters. The van der Waals surface area contributed by atoms with Gasteiger partial charge in [-0.05, 0) is 62.5 Å². The number of benzene rings is 1. The first-order valence-corrected chi connectivity index (χ1v) is 23.3. The standard InChI is InChI=1S/C43H53FN8O9S/c1-2-27-21-43(27,41(57)50-62(59,60)28-16-17-28)49-38(54)34-20-35(61-42(58)51-23-26-12-9-13-30(44)29(26)24-51)33-15-8-4-7-14-31(40(56)52(33)34)47-39(55)36(25-10-5-3-6-11-25)48-37(53)32-22-45-18-19-46-32/h2,9,12-13,18-19,22,25,27-28,31,33-36H,1,3-8,10-11,14-17,20-21,23-24H2,(H,47,55)(H,48,53)(H,49,54)(H,50,57)/t27-,31?,33?,34+,35-,36+,43?/m1/s1. The van der Waals surface area contributed by atoms with Crippen LogP contribution < -0.4 is 20.7 Å². The van der Waals surface area contributed by atoms with Crippen LogP contribution in [0.25, 0.3) is 0 Å². The van der Waals surface area contributed by atoms with Crippen molar-refractivity contribution < 1.29 is 46.3 Å². The normalized spacial score (nSPS) is 27.9. The molecule has 8 rings (SSSR count). The molecule has 1 aromatic heterocycles. The fourth-order valence-corrected chi connectivity index (χ4v) is 11.1. The third kappa shape index (κ3) is 8.90. The minimum absolute atomic E-state index is 0.0290. The van der Waals surface area contributed by atoms with Crippen molar-refractivity contribution in [2.75, 3.05) is 0 Å². The molecule has 0 radical (unpaired) electrons. The number of nitrogens with one attached hydrogen (secondary N) is 4. The molecule has 3 unspecified atom stereocenters. The van der Waals surface area contributed by atoms with Gasteiger partial charge in [0.15, 0.2) is 0 Å². The van der Waals surface area contributed by atoms with Crippen molar-refractivity contribution in [1.29, 1.82) is 0 Å². The fourth-order valence-electron chi connectivity index (χ4n) is 9.71. The Morgan fingerprint density at radius 1 is 0.968 bits per heavy atom. The van der Waals surface area contributed by atoms with Gasteiger partial charge in [0.25, 0.3) is 11.8 Å². The zero-order valence-electron chi connectivity index (χ0n) is 34.4. The van der Waals surface area contributed by atoms with E-state index in [2.05, 4.69) is 37.2 Å². The number of hydrogen-bond acceptors (Lipinski definition) is 11. The van der Waals surface area contributed by atoms with E-state index in [9.17, 15) is 36.8 Å². The maximum Gasteiger partial charge on any atom is 0.410 e. The molecule has 3 aliphatic carbocycles. The van der Waals surface area contributed by atoms with Crippen LogP contribution in [0, 0.1) is 17.7 Å². The van der Waals surface area contributed by atoms with Crippen molar-refractivity contribution in [2.45, 2.75) is 144 Å². The number of halogens is 1. The van der Waals surface area contributed by atoms with E-state index in [0.29, 0.717) is 62.5 Å². The third-order valence-corrected chi connectivity index (χ3v) is 15.2. The maximum absolute atomic E-state index is 15.1. The Labute approximate surface area is 359 Å². The van der Waals surface area contributed by atoms with Crippen LogP contribution >= 0.6 is 0 Å². The van der Waals surface area contributed by atoms with Crippen LogP contribution in [0.2, 0.25) is 0 Å². The molecule has 332 valence electrons. The van der Waals surface area contributed by atoms with E-state index >= 15 is 4.79 Å². The van der Waals surface area contributed by atoms with Gasteiger partial charge < -0.3 is 25.6 Å². The van der Waals surface area contributed by atoms with E-state index in [4.69, 9.17) is 4.74 Å². The van der Waals surface area contributed by atoms with Gasteiger partial charge in [-0.3, -0.25) is 38.6 Å². The molecular formula is C43H53FN8O9S. The van der Waals surface area contributed by atoms with Crippen LogP contribution in [0.4, 0.5) is 9.18 Å². The Kier molecular flexibility index (Phi) is 12.4. The third-order valence-electron chi connectivity index (χ3n) is 13.4. The lowest BCUT2D eigenvalue weighted by Gasteiger charge is -2.35. The van der Waals surface area contributed by atoms with Crippen LogP contribution in [-0.2, 0) is 47.0 Å². The monoisotopic (exact) mass is 876 g/mol. The van der Waals surface area contributed by atoms with Gasteiger partial charge in [0, 0.05) is 36.8 Å². The SMILES string of the molecule is C=C[C@@H]1CC1(NC(=O)[C@@H]1C[C@@H](OC(=O)N2Cc3cccc(F)c3C2)C2CCCCCC(NC(=O)[C@@H](NC(=O)c3cnccn3)C3CCCCC3)C(=O)N21)C(=O)NS(=O)(=O)C1CC1. The van der Waals surface area contributed by atoms with Crippen molar-refractivity contribution in [3.05, 3.63) is 72.1 Å². The summed E-state index contributed by atoms with van der Waals surface area (Å²) in [5, 5.41) is 7.87. The summed E-state index contributed by atoms with van der Waals surface area (Å²) in [6.45, 7) is 3.85. The van der Waals surface area contributed by atoms with Crippen LogP contribution in [0.15, 0.2) is 49.4 Å². The highest BCUT2D eigenvalue weighted by Gasteiger charge is 2.62. The molecule has 6 aliphatic rings. The first-order valence-electron chi connectivity index (χ1n) is 21.7. The molecule has 1 aromatic carbocycles. The number of hydrogen-bond donors (Lipinski definition) is 4. The molecule has 6 amide bonds. The Balaban J connectivity index is 1.07. The van der Waals surface area contributed by atoms with Crippen LogP contribution in [0.5, 0.6) is 0 Å². The Morgan fingerprint density at radius 3 is 2.39 bits per heavy atom. The highest BCUT2D eigenvalue weighted by Crippen LogP contribution is 2.46. The quantitative estimate of drug-likeness (QED) is 0.227. The predicted molar refractivity (Wildman–Crippen MR) is 219 cm³/mol. The maximum atomic E-state index is 15.1. The summed E-state index contributed by atoms with van der Waals surface area (Å²) in [6, 6.07) is 0.319. The summed E-state index contributed by atoms with van der Waals surface area (Å²) in [5.41, 5.74) is -0.612. The molecule has 4 heterocycles. The van der Waals surface area contributed by atoms with Crippen LogP contribution in [0.1, 0.15) is 112 Å². The highest BCUT2D eigenvalue weighted by molar-refractivity contribution is 7.91. The molecule has 3 saturated carbocycles. The predicted octanol–water partition coefficient (Wildman–Crippen LogP) is 2.90. The summed E-state index contributed by atoms with van der Waals surface area (Å²) in [5.74, 6) is -4.69. The van der Waals surface area contributed by atoms with E-state index < -0.39 is 98.4 Å². The first kappa shape index (κ1) is 43.2. The number of fused-ring (bicyclic) bond motifs is 2. The van der Waals surface area contributed by atoms with Gasteiger partial charge in [0.05, 0.1) is 24.0 Å². The molecule has 2 aromatic rings. The Morgan fingerprint density at radius 2 is 1.71 bits per heavy atom. The number of amides is 6. The van der Waals surface area contributed by atoms with Crippen LogP contribution in [0.3, 0.4) is 0 Å². The second-order valence-electron chi connectivity index (χ2n) is 17.5. The minimum atomic E-state index is -3.98. The summed E-state index contributed by atoms with van der Waals surface area (Å²) >= 11 is 0. The zero-order chi connectivity index (χ0) is 43.8. The summed E-state index contributed by atoms with van der Waals surface area (Å²) in [7, 11) is -3.98. The fraction of sp³-hybridized carbons (Fsp3) is 0.581. The average Bonchev–Trinajstić information content (AvgIpc) is 4.17. The lowest BCUT2D eigenvalue weighted by molar-refractivity contribution is -0.145. The largest absolute Gasteiger partial charge is 0.444 e. The van der Waals surface area contributed by atoms with Crippen LogP contribution in [-0.4, -0.2) is 105 Å². The van der Waals surface area contributed by atoms with E-state index in [1.165, 1.54) is 40.5 Å². The minimum Gasteiger partial charge on any atom is -0.444 e. The van der Waals surface area contributed by atoms with Gasteiger partial charge >= 0.3 is 6.09 Å². The second-order valence-corrected chi connectivity index (χ2v) is 19.5.